The average Bonchev–Trinajstić information content (AvgIpc) is 2.74. The van der Waals surface area contributed by atoms with Gasteiger partial charge in [0.05, 0.1) is 12.1 Å². The van der Waals surface area contributed by atoms with Crippen LogP contribution in [-0.2, 0) is 6.54 Å². The fraction of sp³-hybridized carbons (Fsp3) is 0.286. The number of aliphatic imine (C=N–C) groups is 1. The zero-order chi connectivity index (χ0) is 20.0. The number of pyridine rings is 1. The van der Waals surface area contributed by atoms with E-state index in [9.17, 15) is 4.79 Å². The maximum Gasteiger partial charge on any atom is 0.252 e. The minimum absolute atomic E-state index is 0.148. The van der Waals surface area contributed by atoms with E-state index in [4.69, 9.17) is 4.74 Å². The second kappa shape index (κ2) is 12.1. The molecule has 148 valence electrons. The summed E-state index contributed by atoms with van der Waals surface area (Å²) in [5, 5.41) is 9.26. The summed E-state index contributed by atoms with van der Waals surface area (Å²) in [6.07, 6.45) is 4.89. The van der Waals surface area contributed by atoms with Gasteiger partial charge in [0.25, 0.3) is 5.91 Å². The number of carbonyl (C=O) groups excluding carboxylic acids is 1. The maximum atomic E-state index is 12.0. The van der Waals surface area contributed by atoms with Gasteiger partial charge in [-0.1, -0.05) is 30.9 Å². The molecule has 1 heterocycles. The van der Waals surface area contributed by atoms with Crippen LogP contribution in [0.1, 0.15) is 22.8 Å². The maximum absolute atomic E-state index is 12.0. The molecule has 0 atom stereocenters. The first-order valence-corrected chi connectivity index (χ1v) is 9.26. The molecule has 2 aromatic rings. The summed E-state index contributed by atoms with van der Waals surface area (Å²) >= 11 is 0. The van der Waals surface area contributed by atoms with Gasteiger partial charge in [0, 0.05) is 37.6 Å². The van der Waals surface area contributed by atoms with E-state index >= 15 is 0 Å². The van der Waals surface area contributed by atoms with Crippen molar-refractivity contribution in [3.63, 3.8) is 0 Å². The fourth-order valence-electron chi connectivity index (χ4n) is 2.39. The molecule has 0 saturated heterocycles. The van der Waals surface area contributed by atoms with Crippen molar-refractivity contribution in [2.24, 2.45) is 4.99 Å². The molecule has 7 nitrogen and oxygen atoms in total. The topological polar surface area (TPSA) is 87.6 Å². The van der Waals surface area contributed by atoms with Crippen molar-refractivity contribution in [2.45, 2.75) is 13.5 Å². The average molecular weight is 381 g/mol. The van der Waals surface area contributed by atoms with Crippen LogP contribution < -0.4 is 20.7 Å². The van der Waals surface area contributed by atoms with Gasteiger partial charge >= 0.3 is 0 Å². The number of ether oxygens (including phenoxy) is 1. The van der Waals surface area contributed by atoms with E-state index in [0.717, 1.165) is 17.9 Å². The van der Waals surface area contributed by atoms with Gasteiger partial charge in [-0.15, -0.1) is 0 Å². The first-order chi connectivity index (χ1) is 13.7. The highest BCUT2D eigenvalue weighted by atomic mass is 16.5. The quantitative estimate of drug-likeness (QED) is 0.254. The van der Waals surface area contributed by atoms with E-state index in [1.807, 2.05) is 31.2 Å². The highest BCUT2D eigenvalue weighted by molar-refractivity contribution is 5.93. The number of benzene rings is 1. The number of nitrogens with one attached hydrogen (secondary N) is 3. The van der Waals surface area contributed by atoms with Crippen molar-refractivity contribution in [1.82, 2.24) is 20.9 Å². The second-order valence-corrected chi connectivity index (χ2v) is 5.83. The molecular weight excluding hydrogens is 354 g/mol. The van der Waals surface area contributed by atoms with Gasteiger partial charge < -0.3 is 20.7 Å². The van der Waals surface area contributed by atoms with Gasteiger partial charge in [-0.25, -0.2) is 4.99 Å². The van der Waals surface area contributed by atoms with Crippen LogP contribution in [0.25, 0.3) is 0 Å². The lowest BCUT2D eigenvalue weighted by atomic mass is 10.2. The minimum atomic E-state index is -0.148. The summed E-state index contributed by atoms with van der Waals surface area (Å²) in [6, 6.07) is 11.3. The van der Waals surface area contributed by atoms with Crippen molar-refractivity contribution in [1.29, 1.82) is 0 Å². The summed E-state index contributed by atoms with van der Waals surface area (Å²) in [4.78, 5) is 20.5. The van der Waals surface area contributed by atoms with E-state index in [0.29, 0.717) is 37.8 Å². The Hall–Kier alpha value is -3.35. The van der Waals surface area contributed by atoms with E-state index in [1.165, 1.54) is 0 Å². The SMILES string of the molecule is C=CCOc1ccccc1CN=C(NCC)NCCNC(=O)c1cccnc1. The Balaban J connectivity index is 1.85. The first-order valence-electron chi connectivity index (χ1n) is 9.26. The fourth-order valence-corrected chi connectivity index (χ4v) is 2.39. The highest BCUT2D eigenvalue weighted by Gasteiger charge is 2.05. The molecule has 0 bridgehead atoms. The van der Waals surface area contributed by atoms with Gasteiger partial charge in [0.1, 0.15) is 12.4 Å². The number of amides is 1. The lowest BCUT2D eigenvalue weighted by Gasteiger charge is -2.13. The standard InChI is InChI=1S/C21H27N5O2/c1-3-14-28-19-10-6-5-8-17(19)16-26-21(23-4-2)25-13-12-24-20(27)18-9-7-11-22-15-18/h3,5-11,15H,1,4,12-14,16H2,2H3,(H,24,27)(H2,23,25,26). The minimum Gasteiger partial charge on any atom is -0.489 e. The molecule has 0 spiro atoms. The van der Waals surface area contributed by atoms with Crippen LogP contribution in [0.15, 0.2) is 66.4 Å². The summed E-state index contributed by atoms with van der Waals surface area (Å²) in [5.41, 5.74) is 1.53. The molecule has 3 N–H and O–H groups in total. The van der Waals surface area contributed by atoms with E-state index < -0.39 is 0 Å². The third-order valence-corrected chi connectivity index (χ3v) is 3.71. The van der Waals surface area contributed by atoms with E-state index in [1.54, 1.807) is 30.6 Å². The van der Waals surface area contributed by atoms with Gasteiger partial charge in [-0.2, -0.15) is 0 Å². The number of nitrogens with zero attached hydrogens (tertiary/aromatic N) is 2. The number of hydrogen-bond acceptors (Lipinski definition) is 4. The number of para-hydroxylation sites is 1. The molecule has 7 heteroatoms. The van der Waals surface area contributed by atoms with Gasteiger partial charge in [-0.05, 0) is 25.1 Å². The number of guanidine groups is 1. The largest absolute Gasteiger partial charge is 0.489 e. The Labute approximate surface area is 165 Å². The normalized spacial score (nSPS) is 10.8. The molecule has 1 aromatic carbocycles. The third kappa shape index (κ3) is 7.11. The van der Waals surface area contributed by atoms with Crippen LogP contribution in [0, 0.1) is 0 Å². The van der Waals surface area contributed by atoms with E-state index in [-0.39, 0.29) is 5.91 Å². The molecule has 0 aliphatic heterocycles. The monoisotopic (exact) mass is 381 g/mol. The first kappa shape index (κ1) is 21.0. The smallest absolute Gasteiger partial charge is 0.252 e. The lowest BCUT2D eigenvalue weighted by Crippen LogP contribution is -2.41. The zero-order valence-corrected chi connectivity index (χ0v) is 16.1. The Morgan fingerprint density at radius 1 is 1.18 bits per heavy atom. The predicted octanol–water partition coefficient (Wildman–Crippen LogP) is 2.13. The number of aromatic nitrogens is 1. The molecule has 0 radical (unpaired) electrons. The van der Waals surface area contributed by atoms with Crippen molar-refractivity contribution >= 4 is 11.9 Å². The summed E-state index contributed by atoms with van der Waals surface area (Å²) in [7, 11) is 0. The molecule has 28 heavy (non-hydrogen) atoms. The van der Waals surface area contributed by atoms with Crippen molar-refractivity contribution in [3.05, 3.63) is 72.6 Å². The van der Waals surface area contributed by atoms with Crippen molar-refractivity contribution in [3.8, 4) is 5.75 Å². The molecule has 1 amide bonds. The molecule has 0 saturated carbocycles. The third-order valence-electron chi connectivity index (χ3n) is 3.71. The Kier molecular flexibility index (Phi) is 9.06. The van der Waals surface area contributed by atoms with Crippen LogP contribution >= 0.6 is 0 Å². The Bertz CT molecular complexity index is 777. The molecular formula is C21H27N5O2. The molecule has 0 fully saturated rings. The predicted molar refractivity (Wildman–Crippen MR) is 112 cm³/mol. The second-order valence-electron chi connectivity index (χ2n) is 5.83. The van der Waals surface area contributed by atoms with Gasteiger partial charge in [0.2, 0.25) is 0 Å². The summed E-state index contributed by atoms with van der Waals surface area (Å²) in [5.74, 6) is 1.33. The lowest BCUT2D eigenvalue weighted by molar-refractivity contribution is 0.0954. The molecule has 2 rings (SSSR count). The van der Waals surface area contributed by atoms with E-state index in [2.05, 4.69) is 32.5 Å². The van der Waals surface area contributed by atoms with Crippen LogP contribution in [-0.4, -0.2) is 43.1 Å². The molecule has 0 aliphatic carbocycles. The Morgan fingerprint density at radius 2 is 2.00 bits per heavy atom. The Morgan fingerprint density at radius 3 is 2.75 bits per heavy atom. The number of rotatable bonds is 10. The summed E-state index contributed by atoms with van der Waals surface area (Å²) < 4.78 is 5.66. The van der Waals surface area contributed by atoms with Crippen molar-refractivity contribution in [2.75, 3.05) is 26.2 Å². The van der Waals surface area contributed by atoms with Crippen molar-refractivity contribution < 1.29 is 9.53 Å². The van der Waals surface area contributed by atoms with Crippen LogP contribution in [0.4, 0.5) is 0 Å². The highest BCUT2D eigenvalue weighted by Crippen LogP contribution is 2.18. The number of hydrogen-bond donors (Lipinski definition) is 3. The van der Waals surface area contributed by atoms with Crippen LogP contribution in [0.2, 0.25) is 0 Å². The van der Waals surface area contributed by atoms with Crippen LogP contribution in [0.5, 0.6) is 5.75 Å². The number of carbonyl (C=O) groups is 1. The zero-order valence-electron chi connectivity index (χ0n) is 16.1. The van der Waals surface area contributed by atoms with Gasteiger partial charge in [0.15, 0.2) is 5.96 Å². The van der Waals surface area contributed by atoms with Gasteiger partial charge in [-0.3, -0.25) is 9.78 Å². The summed E-state index contributed by atoms with van der Waals surface area (Å²) in [6.45, 7) is 8.36. The molecule has 0 aliphatic rings. The molecule has 0 unspecified atom stereocenters. The van der Waals surface area contributed by atoms with Crippen LogP contribution in [0.3, 0.4) is 0 Å². The molecule has 1 aromatic heterocycles.